The number of imidazole rings is 1. The predicted octanol–water partition coefficient (Wildman–Crippen LogP) is 3.36. The zero-order valence-electron chi connectivity index (χ0n) is 23.4. The molecule has 2 aromatic rings. The van der Waals surface area contributed by atoms with Crippen molar-refractivity contribution in [1.29, 1.82) is 0 Å². The number of ether oxygens (including phenoxy) is 1. The topological polar surface area (TPSA) is 88.5 Å². The highest BCUT2D eigenvalue weighted by atomic mass is 19.1. The van der Waals surface area contributed by atoms with Crippen LogP contribution in [0.3, 0.4) is 0 Å². The van der Waals surface area contributed by atoms with Gasteiger partial charge in [-0.15, -0.1) is 0 Å². The largest absolute Gasteiger partial charge is 0.369 e. The van der Waals surface area contributed by atoms with Crippen LogP contribution >= 0.6 is 0 Å². The van der Waals surface area contributed by atoms with Crippen molar-refractivity contribution in [3.63, 3.8) is 0 Å². The van der Waals surface area contributed by atoms with Gasteiger partial charge in [-0.3, -0.25) is 9.59 Å². The molecule has 3 saturated carbocycles. The summed E-state index contributed by atoms with van der Waals surface area (Å²) in [5, 5.41) is 6.46. The molecule has 1 saturated heterocycles. The molecule has 0 spiro atoms. The standard InChI is InChI=1S/C32H40FN5O3/c33-25-16-23-29-31(28(25)35-11-4-13-37-14-12-34-19-37)41-27-10-9-22(21-5-2-1-3-6-21)15-26(27)38(29)18-24(30(23)39)32(40)36-17-20-7-8-20/h1-3,5-6,12,14,18-20,22-23,25-29,31,35H,4,7-11,13,15-17H2,(H,36,40). The monoisotopic (exact) mass is 561 g/mol. The summed E-state index contributed by atoms with van der Waals surface area (Å²) in [5.41, 5.74) is 1.50. The first-order chi connectivity index (χ1) is 20.1. The molecule has 7 rings (SSSR count). The zero-order chi connectivity index (χ0) is 27.9. The first kappa shape index (κ1) is 26.8. The number of carbonyl (C=O) groups is 2. The molecule has 3 heterocycles. The van der Waals surface area contributed by atoms with Crippen LogP contribution in [0.25, 0.3) is 0 Å². The van der Waals surface area contributed by atoms with Crippen LogP contribution in [0.15, 0.2) is 60.8 Å². The lowest BCUT2D eigenvalue weighted by molar-refractivity contribution is -0.198. The Kier molecular flexibility index (Phi) is 7.41. The predicted molar refractivity (Wildman–Crippen MR) is 152 cm³/mol. The molecule has 2 aliphatic heterocycles. The third-order valence-electron chi connectivity index (χ3n) is 9.96. The highest BCUT2D eigenvalue weighted by Gasteiger charge is 2.58. The number of rotatable bonds is 9. The van der Waals surface area contributed by atoms with E-state index in [1.807, 2.05) is 23.0 Å². The summed E-state index contributed by atoms with van der Waals surface area (Å²) >= 11 is 0. The van der Waals surface area contributed by atoms with Gasteiger partial charge >= 0.3 is 0 Å². The molecule has 4 fully saturated rings. The molecule has 5 aliphatic rings. The van der Waals surface area contributed by atoms with Gasteiger partial charge in [0.05, 0.1) is 42.2 Å². The van der Waals surface area contributed by atoms with Gasteiger partial charge in [0, 0.05) is 37.6 Å². The number of nitrogens with zero attached hydrogens (tertiary/aromatic N) is 3. The number of alkyl halides is 1. The van der Waals surface area contributed by atoms with Crippen LogP contribution in [0.4, 0.5) is 4.39 Å². The summed E-state index contributed by atoms with van der Waals surface area (Å²) in [6.45, 7) is 2.04. The Bertz CT molecular complexity index is 1270. The second kappa shape index (κ2) is 11.3. The SMILES string of the molecule is O=C(NCC1CC1)C1=CN2C3CC(c4ccccc4)CCC3OC3C(NCCCn4ccnc4)C(F)CC(C1=O)C32. The van der Waals surface area contributed by atoms with Gasteiger partial charge < -0.3 is 24.8 Å². The van der Waals surface area contributed by atoms with Gasteiger partial charge in [0.25, 0.3) is 5.91 Å². The van der Waals surface area contributed by atoms with E-state index in [-0.39, 0.29) is 41.9 Å². The van der Waals surface area contributed by atoms with Crippen LogP contribution in [0, 0.1) is 11.8 Å². The Hall–Kier alpha value is -3.04. The van der Waals surface area contributed by atoms with E-state index in [0.717, 1.165) is 45.1 Å². The Morgan fingerprint density at radius 3 is 2.76 bits per heavy atom. The lowest BCUT2D eigenvalue weighted by Gasteiger charge is -2.59. The highest BCUT2D eigenvalue weighted by Crippen LogP contribution is 2.48. The molecule has 1 amide bonds. The molecule has 8 unspecified atom stereocenters. The molecule has 3 aliphatic carbocycles. The average molecular weight is 562 g/mol. The molecule has 1 aromatic carbocycles. The van der Waals surface area contributed by atoms with Crippen molar-refractivity contribution < 1.29 is 18.7 Å². The number of nitrogens with one attached hydrogen (secondary N) is 2. The van der Waals surface area contributed by atoms with Gasteiger partial charge in [-0.25, -0.2) is 9.37 Å². The molecular weight excluding hydrogens is 521 g/mol. The van der Waals surface area contributed by atoms with Gasteiger partial charge in [0.1, 0.15) is 6.17 Å². The number of hydrogen-bond acceptors (Lipinski definition) is 6. The van der Waals surface area contributed by atoms with Crippen molar-refractivity contribution in [2.75, 3.05) is 13.1 Å². The second-order valence-electron chi connectivity index (χ2n) is 12.6. The summed E-state index contributed by atoms with van der Waals surface area (Å²) in [6.07, 6.45) is 11.5. The quantitative estimate of drug-likeness (QED) is 0.361. The lowest BCUT2D eigenvalue weighted by Crippen LogP contribution is -2.73. The van der Waals surface area contributed by atoms with Crippen LogP contribution in [0.2, 0.25) is 0 Å². The highest BCUT2D eigenvalue weighted by molar-refractivity contribution is 6.20. The number of fused-ring (bicyclic) bond motifs is 2. The molecule has 1 aromatic heterocycles. The molecule has 9 heteroatoms. The van der Waals surface area contributed by atoms with E-state index in [1.54, 1.807) is 12.5 Å². The minimum absolute atomic E-state index is 0.0371. The summed E-state index contributed by atoms with van der Waals surface area (Å²) < 4.78 is 24.7. The van der Waals surface area contributed by atoms with E-state index in [4.69, 9.17) is 4.74 Å². The van der Waals surface area contributed by atoms with Gasteiger partial charge in [-0.05, 0) is 68.9 Å². The van der Waals surface area contributed by atoms with E-state index in [2.05, 4.69) is 44.8 Å². The van der Waals surface area contributed by atoms with Crippen LogP contribution in [-0.2, 0) is 20.9 Å². The number of aryl methyl sites for hydroxylation is 1. The third-order valence-corrected chi connectivity index (χ3v) is 9.96. The van der Waals surface area contributed by atoms with E-state index in [0.29, 0.717) is 24.9 Å². The van der Waals surface area contributed by atoms with E-state index in [1.165, 1.54) is 5.56 Å². The fourth-order valence-corrected chi connectivity index (χ4v) is 7.64. The summed E-state index contributed by atoms with van der Waals surface area (Å²) in [5.74, 6) is -0.250. The number of aromatic nitrogens is 2. The Labute approximate surface area is 240 Å². The van der Waals surface area contributed by atoms with Crippen molar-refractivity contribution in [2.24, 2.45) is 11.8 Å². The van der Waals surface area contributed by atoms with Crippen LogP contribution in [0.1, 0.15) is 56.4 Å². The Morgan fingerprint density at radius 2 is 1.98 bits per heavy atom. The summed E-state index contributed by atoms with van der Waals surface area (Å²) in [7, 11) is 0. The number of Topliss-reactive ketones (excluding diaryl/α,β-unsaturated/α-hetero) is 1. The normalized spacial score (nSPS) is 34.4. The van der Waals surface area contributed by atoms with Crippen molar-refractivity contribution in [2.45, 2.75) is 93.9 Å². The van der Waals surface area contributed by atoms with E-state index >= 15 is 4.39 Å². The van der Waals surface area contributed by atoms with Crippen molar-refractivity contribution in [3.05, 3.63) is 66.4 Å². The number of benzene rings is 1. The number of amides is 1. The molecule has 0 radical (unpaired) electrons. The molecular formula is C32H40FN5O3. The number of carbonyl (C=O) groups excluding carboxylic acids is 2. The summed E-state index contributed by atoms with van der Waals surface area (Å²) in [4.78, 5) is 33.4. The number of halogens is 1. The Balaban J connectivity index is 1.15. The maximum absolute atomic E-state index is 15.9. The maximum Gasteiger partial charge on any atom is 0.256 e. The lowest BCUT2D eigenvalue weighted by atomic mass is 9.68. The molecule has 8 atom stereocenters. The fraction of sp³-hybridized carbons (Fsp3) is 0.594. The minimum atomic E-state index is -1.23. The number of morpholine rings is 1. The molecule has 41 heavy (non-hydrogen) atoms. The smallest absolute Gasteiger partial charge is 0.256 e. The average Bonchev–Trinajstić information content (AvgIpc) is 3.68. The molecule has 2 N–H and O–H groups in total. The first-order valence-corrected chi connectivity index (χ1v) is 15.4. The van der Waals surface area contributed by atoms with Crippen LogP contribution in [0.5, 0.6) is 0 Å². The van der Waals surface area contributed by atoms with Gasteiger partial charge in [0.15, 0.2) is 5.78 Å². The zero-order valence-corrected chi connectivity index (χ0v) is 23.4. The molecule has 8 nitrogen and oxygen atoms in total. The molecule has 0 bridgehead atoms. The Morgan fingerprint density at radius 1 is 1.12 bits per heavy atom. The number of hydrogen-bond donors (Lipinski definition) is 2. The van der Waals surface area contributed by atoms with Gasteiger partial charge in [-0.2, -0.15) is 0 Å². The second-order valence-corrected chi connectivity index (χ2v) is 12.6. The number of ketones is 1. The van der Waals surface area contributed by atoms with Crippen LogP contribution in [-0.4, -0.2) is 75.7 Å². The van der Waals surface area contributed by atoms with Crippen molar-refractivity contribution in [1.82, 2.24) is 25.1 Å². The maximum atomic E-state index is 15.9. The van der Waals surface area contributed by atoms with Crippen molar-refractivity contribution >= 4 is 11.7 Å². The minimum Gasteiger partial charge on any atom is -0.369 e. The van der Waals surface area contributed by atoms with E-state index in [9.17, 15) is 9.59 Å². The fourth-order valence-electron chi connectivity index (χ4n) is 7.64. The van der Waals surface area contributed by atoms with Crippen LogP contribution < -0.4 is 10.6 Å². The molecule has 218 valence electrons. The van der Waals surface area contributed by atoms with Gasteiger partial charge in [-0.1, -0.05) is 30.3 Å². The van der Waals surface area contributed by atoms with Crippen molar-refractivity contribution in [3.8, 4) is 0 Å². The first-order valence-electron chi connectivity index (χ1n) is 15.4. The van der Waals surface area contributed by atoms with Gasteiger partial charge in [0.2, 0.25) is 0 Å². The third kappa shape index (κ3) is 5.34. The summed E-state index contributed by atoms with van der Waals surface area (Å²) in [6, 6.07) is 9.83. The van der Waals surface area contributed by atoms with E-state index < -0.39 is 24.2 Å².